The van der Waals surface area contributed by atoms with Crippen LogP contribution in [-0.2, 0) is 12.6 Å². The second-order valence-corrected chi connectivity index (χ2v) is 10.6. The summed E-state index contributed by atoms with van der Waals surface area (Å²) in [4.78, 5) is 40.5. The van der Waals surface area contributed by atoms with Crippen molar-refractivity contribution in [2.24, 2.45) is 12.5 Å². The van der Waals surface area contributed by atoms with Gasteiger partial charge < -0.3 is 14.4 Å². The lowest BCUT2D eigenvalue weighted by Gasteiger charge is -2.60. The van der Waals surface area contributed by atoms with Crippen LogP contribution in [0, 0.1) is 5.41 Å². The first-order chi connectivity index (χ1) is 16.2. The van der Waals surface area contributed by atoms with E-state index in [1.165, 1.54) is 0 Å². The predicted molar refractivity (Wildman–Crippen MR) is 129 cm³/mol. The number of aryl methyl sites for hydroxylation is 1. The van der Waals surface area contributed by atoms with E-state index in [1.807, 2.05) is 44.1 Å². The molecule has 0 saturated carbocycles. The topological polar surface area (TPSA) is 74.6 Å². The molecule has 0 N–H and O–H groups in total. The van der Waals surface area contributed by atoms with E-state index in [-0.39, 0.29) is 17.2 Å². The van der Waals surface area contributed by atoms with Crippen LogP contribution in [0.15, 0.2) is 49.1 Å². The van der Waals surface area contributed by atoms with Crippen LogP contribution in [-0.4, -0.2) is 57.4 Å². The molecule has 0 unspecified atom stereocenters. The first-order valence-electron chi connectivity index (χ1n) is 11.3. The largest absolute Gasteiger partial charge is 0.369 e. The van der Waals surface area contributed by atoms with E-state index in [2.05, 4.69) is 14.9 Å². The molecule has 174 valence electrons. The molecule has 0 radical (unpaired) electrons. The van der Waals surface area contributed by atoms with Crippen LogP contribution in [0.2, 0.25) is 5.02 Å². The Morgan fingerprint density at radius 3 is 2.50 bits per heavy atom. The molecule has 0 atom stereocenters. The van der Waals surface area contributed by atoms with Crippen molar-refractivity contribution in [1.29, 1.82) is 0 Å². The number of pyridine rings is 1. The molecule has 3 aliphatic rings. The number of fused-ring (bicyclic) bond motifs is 1. The Morgan fingerprint density at radius 1 is 1.06 bits per heavy atom. The van der Waals surface area contributed by atoms with Crippen LogP contribution in [0.4, 0.5) is 11.4 Å². The van der Waals surface area contributed by atoms with E-state index < -0.39 is 5.54 Å². The smallest absolute Gasteiger partial charge is 0.289 e. The maximum Gasteiger partial charge on any atom is 0.289 e. The Kier molecular flexibility index (Phi) is 4.39. The van der Waals surface area contributed by atoms with Crippen LogP contribution in [0.5, 0.6) is 0 Å². The predicted octanol–water partition coefficient (Wildman–Crippen LogP) is 3.33. The van der Waals surface area contributed by atoms with Crippen molar-refractivity contribution in [3.8, 4) is 0 Å². The van der Waals surface area contributed by atoms with Gasteiger partial charge in [0.1, 0.15) is 0 Å². The lowest BCUT2D eigenvalue weighted by molar-refractivity contribution is -0.0115. The molecular weight excluding hydrogens is 452 g/mol. The highest BCUT2D eigenvalue weighted by Crippen LogP contribution is 2.45. The molecule has 9 heteroatoms. The molecule has 8 nitrogen and oxygen atoms in total. The zero-order valence-corrected chi connectivity index (χ0v) is 20.1. The van der Waals surface area contributed by atoms with E-state index in [4.69, 9.17) is 11.6 Å². The highest BCUT2D eigenvalue weighted by molar-refractivity contribution is 6.31. The number of hydrogen-bond acceptors (Lipinski definition) is 5. The van der Waals surface area contributed by atoms with Crippen LogP contribution in [0.25, 0.3) is 0 Å². The number of carbonyl (C=O) groups excluding carboxylic acids is 2. The van der Waals surface area contributed by atoms with Crippen LogP contribution < -0.4 is 9.80 Å². The maximum atomic E-state index is 13.3. The van der Waals surface area contributed by atoms with E-state index in [1.54, 1.807) is 40.2 Å². The second kappa shape index (κ2) is 7.06. The number of nitrogens with zero attached hydrogens (tertiary/aromatic N) is 6. The van der Waals surface area contributed by atoms with Crippen LogP contribution >= 0.6 is 11.6 Å². The van der Waals surface area contributed by atoms with Gasteiger partial charge in [0.25, 0.3) is 11.8 Å². The molecule has 3 aromatic rings. The molecule has 2 amide bonds. The zero-order valence-electron chi connectivity index (χ0n) is 19.3. The monoisotopic (exact) mass is 476 g/mol. The lowest BCUT2D eigenvalue weighted by atomic mass is 9.72. The Labute approximate surface area is 202 Å². The number of carbonyl (C=O) groups is 2. The van der Waals surface area contributed by atoms with Gasteiger partial charge in [-0.15, -0.1) is 0 Å². The lowest BCUT2D eigenvalue weighted by Crippen LogP contribution is -2.73. The number of aromatic nitrogens is 3. The summed E-state index contributed by atoms with van der Waals surface area (Å²) >= 11 is 6.22. The van der Waals surface area contributed by atoms with Gasteiger partial charge in [-0.1, -0.05) is 11.6 Å². The number of hydrogen-bond donors (Lipinski definition) is 0. The first kappa shape index (κ1) is 21.2. The molecule has 1 spiro atoms. The molecule has 2 aromatic heterocycles. The number of likely N-dealkylation sites (tertiary alicyclic amines) is 1. The van der Waals surface area contributed by atoms with Gasteiger partial charge in [-0.05, 0) is 43.7 Å². The van der Waals surface area contributed by atoms with E-state index in [9.17, 15) is 9.59 Å². The minimum absolute atomic E-state index is 0.0188. The van der Waals surface area contributed by atoms with Crippen molar-refractivity contribution < 1.29 is 9.59 Å². The molecule has 6 rings (SSSR count). The third-order valence-electron chi connectivity index (χ3n) is 7.37. The van der Waals surface area contributed by atoms with Crippen molar-refractivity contribution >= 4 is 34.8 Å². The van der Waals surface area contributed by atoms with Crippen molar-refractivity contribution in [3.05, 3.63) is 71.0 Å². The molecule has 2 saturated heterocycles. The molecule has 3 aliphatic heterocycles. The van der Waals surface area contributed by atoms with Crippen LogP contribution in [0.1, 0.15) is 40.4 Å². The van der Waals surface area contributed by atoms with Crippen molar-refractivity contribution in [1.82, 2.24) is 19.4 Å². The van der Waals surface area contributed by atoms with Crippen molar-refractivity contribution in [2.75, 3.05) is 36.0 Å². The Balaban J connectivity index is 1.17. The zero-order chi connectivity index (χ0) is 23.8. The standard InChI is InChI=1S/C25H25ClN6O2/c1-24(2)20-8-16(26)4-5-19(20)22(33)32(24)18-9-17(10-27-11-18)30-12-25(13-30)14-31(15-25)23(34)21-28-6-7-29(21)3/h4-11H,12-15H2,1-3H3. The number of imidazole rings is 1. The summed E-state index contributed by atoms with van der Waals surface area (Å²) in [5.74, 6) is 0.413. The van der Waals surface area contributed by atoms with Gasteiger partial charge >= 0.3 is 0 Å². The summed E-state index contributed by atoms with van der Waals surface area (Å²) in [5, 5.41) is 0.621. The minimum atomic E-state index is -0.534. The van der Waals surface area contributed by atoms with Gasteiger partial charge in [-0.3, -0.25) is 19.5 Å². The minimum Gasteiger partial charge on any atom is -0.369 e. The molecule has 5 heterocycles. The number of halogens is 1. The fraction of sp³-hybridized carbons (Fsp3) is 0.360. The third kappa shape index (κ3) is 2.98. The van der Waals surface area contributed by atoms with E-state index >= 15 is 0 Å². The Morgan fingerprint density at radius 2 is 1.79 bits per heavy atom. The van der Waals surface area contributed by atoms with Gasteiger partial charge in [-0.25, -0.2) is 4.98 Å². The average molecular weight is 477 g/mol. The normalized spacial score (nSPS) is 19.8. The summed E-state index contributed by atoms with van der Waals surface area (Å²) in [6.45, 7) is 7.23. The summed E-state index contributed by atoms with van der Waals surface area (Å²) in [7, 11) is 1.83. The summed E-state index contributed by atoms with van der Waals surface area (Å²) < 4.78 is 1.75. The molecule has 0 aliphatic carbocycles. The van der Waals surface area contributed by atoms with Gasteiger partial charge in [-0.2, -0.15) is 0 Å². The highest BCUT2D eigenvalue weighted by Gasteiger charge is 2.54. The maximum absolute atomic E-state index is 13.3. The molecule has 0 bridgehead atoms. The SMILES string of the molecule is Cn1ccnc1C(=O)N1CC2(C1)CN(c1cncc(N3C(=O)c4ccc(Cl)cc4C3(C)C)c1)C2. The summed E-state index contributed by atoms with van der Waals surface area (Å²) in [6.07, 6.45) is 7.01. The number of anilines is 2. The fourth-order valence-corrected chi connectivity index (χ4v) is 5.79. The van der Waals surface area contributed by atoms with Crippen molar-refractivity contribution in [2.45, 2.75) is 19.4 Å². The second-order valence-electron chi connectivity index (χ2n) is 10.2. The summed E-state index contributed by atoms with van der Waals surface area (Å²) in [6, 6.07) is 7.46. The molecular formula is C25H25ClN6O2. The third-order valence-corrected chi connectivity index (χ3v) is 7.61. The average Bonchev–Trinajstić information content (AvgIpc) is 3.25. The molecule has 1 aromatic carbocycles. The number of amides is 2. The van der Waals surface area contributed by atoms with Crippen molar-refractivity contribution in [3.63, 3.8) is 0 Å². The molecule has 2 fully saturated rings. The van der Waals surface area contributed by atoms with E-state index in [0.29, 0.717) is 16.4 Å². The molecule has 34 heavy (non-hydrogen) atoms. The van der Waals surface area contributed by atoms with Crippen LogP contribution in [0.3, 0.4) is 0 Å². The quantitative estimate of drug-likeness (QED) is 0.579. The Bertz CT molecular complexity index is 1330. The Hall–Kier alpha value is -3.39. The number of rotatable bonds is 3. The highest BCUT2D eigenvalue weighted by atomic mass is 35.5. The first-order valence-corrected chi connectivity index (χ1v) is 11.7. The number of benzene rings is 1. The fourth-order valence-electron chi connectivity index (χ4n) is 5.62. The summed E-state index contributed by atoms with van der Waals surface area (Å²) in [5.41, 5.74) is 2.93. The van der Waals surface area contributed by atoms with Gasteiger partial charge in [0.2, 0.25) is 0 Å². The van der Waals surface area contributed by atoms with E-state index in [0.717, 1.165) is 43.1 Å². The van der Waals surface area contributed by atoms with Gasteiger partial charge in [0, 0.05) is 61.6 Å². The van der Waals surface area contributed by atoms with Gasteiger partial charge in [0.15, 0.2) is 5.82 Å². The van der Waals surface area contributed by atoms with Gasteiger partial charge in [0.05, 0.1) is 29.3 Å².